The molecule has 0 radical (unpaired) electrons. The lowest BCUT2D eigenvalue weighted by Gasteiger charge is -2.22. The van der Waals surface area contributed by atoms with Crippen LogP contribution in [-0.4, -0.2) is 11.5 Å². The fraction of sp³-hybridized carbons (Fsp3) is 0.750. The van der Waals surface area contributed by atoms with Crippen LogP contribution in [0.5, 0.6) is 0 Å². The lowest BCUT2D eigenvalue weighted by Crippen LogP contribution is -2.14. The summed E-state index contributed by atoms with van der Waals surface area (Å²) < 4.78 is 0. The van der Waals surface area contributed by atoms with E-state index in [0.29, 0.717) is 0 Å². The van der Waals surface area contributed by atoms with Gasteiger partial charge >= 0.3 is 0 Å². The van der Waals surface area contributed by atoms with E-state index in [1.165, 1.54) is 5.57 Å². The largest absolute Gasteiger partial charge is 0.161 e. The molecule has 0 spiro atoms. The van der Waals surface area contributed by atoms with E-state index in [0.717, 1.165) is 23.0 Å². The third kappa shape index (κ3) is 0.517. The van der Waals surface area contributed by atoms with Crippen LogP contribution in [0.2, 0.25) is 0 Å². The average Bonchev–Trinajstić information content (AvgIpc) is 2.57. The second-order valence-corrected chi connectivity index (χ2v) is 4.18. The second kappa shape index (κ2) is 1.57. The van der Waals surface area contributed by atoms with Crippen LogP contribution in [0.3, 0.4) is 0 Å². The highest BCUT2D eigenvalue weighted by molar-refractivity contribution is 7.99. The minimum Gasteiger partial charge on any atom is -0.161 e. The molecule has 0 nitrogen and oxygen atoms in total. The summed E-state index contributed by atoms with van der Waals surface area (Å²) in [6.45, 7) is 6.35. The summed E-state index contributed by atoms with van der Waals surface area (Å²) in [6, 6.07) is 0. The summed E-state index contributed by atoms with van der Waals surface area (Å²) in [5.74, 6) is 2.79. The van der Waals surface area contributed by atoms with Crippen LogP contribution in [0.1, 0.15) is 6.92 Å². The fourth-order valence-corrected chi connectivity index (χ4v) is 3.37. The average molecular weight is 140 g/mol. The summed E-state index contributed by atoms with van der Waals surface area (Å²) in [7, 11) is 0. The van der Waals surface area contributed by atoms with Crippen LogP contribution in [-0.2, 0) is 0 Å². The van der Waals surface area contributed by atoms with Crippen LogP contribution in [0.4, 0.5) is 0 Å². The van der Waals surface area contributed by atoms with Crippen LogP contribution in [0, 0.1) is 17.8 Å². The van der Waals surface area contributed by atoms with Gasteiger partial charge in [0.2, 0.25) is 0 Å². The maximum atomic E-state index is 4.05. The van der Waals surface area contributed by atoms with Gasteiger partial charge in [-0.15, -0.1) is 0 Å². The normalized spacial score (nSPS) is 54.2. The van der Waals surface area contributed by atoms with Crippen molar-refractivity contribution in [3.63, 3.8) is 0 Å². The fourth-order valence-electron chi connectivity index (χ4n) is 2.09. The highest BCUT2D eigenvalue weighted by Crippen LogP contribution is 2.66. The maximum Gasteiger partial charge on any atom is 0.0153 e. The number of hydrogen-bond donors (Lipinski definition) is 0. The minimum absolute atomic E-state index is 0.840. The SMILES string of the molecule is C=C1C(C)C2C(SC)C12. The van der Waals surface area contributed by atoms with Gasteiger partial charge in [-0.2, -0.15) is 11.8 Å². The van der Waals surface area contributed by atoms with E-state index in [2.05, 4.69) is 19.8 Å². The highest BCUT2D eigenvalue weighted by atomic mass is 32.2. The zero-order valence-electron chi connectivity index (χ0n) is 5.92. The zero-order chi connectivity index (χ0) is 6.59. The van der Waals surface area contributed by atoms with Gasteiger partial charge in [0.05, 0.1) is 0 Å². The third-order valence-electron chi connectivity index (χ3n) is 2.87. The lowest BCUT2D eigenvalue weighted by molar-refractivity contribution is 0.451. The Balaban J connectivity index is 2.07. The Labute approximate surface area is 60.7 Å². The Morgan fingerprint density at radius 2 is 2.22 bits per heavy atom. The van der Waals surface area contributed by atoms with E-state index >= 15 is 0 Å². The molecule has 0 amide bonds. The highest BCUT2D eigenvalue weighted by Gasteiger charge is 2.63. The monoisotopic (exact) mass is 140 g/mol. The van der Waals surface area contributed by atoms with Crippen molar-refractivity contribution in [2.24, 2.45) is 17.8 Å². The van der Waals surface area contributed by atoms with Crippen molar-refractivity contribution in [1.29, 1.82) is 0 Å². The van der Waals surface area contributed by atoms with E-state index in [1.807, 2.05) is 11.8 Å². The van der Waals surface area contributed by atoms with E-state index in [1.54, 1.807) is 0 Å². The molecule has 0 N–H and O–H groups in total. The third-order valence-corrected chi connectivity index (χ3v) is 4.02. The van der Waals surface area contributed by atoms with Crippen LogP contribution in [0.25, 0.3) is 0 Å². The summed E-state index contributed by atoms with van der Waals surface area (Å²) in [6.07, 6.45) is 2.21. The molecule has 0 aromatic rings. The van der Waals surface area contributed by atoms with Crippen molar-refractivity contribution in [2.45, 2.75) is 12.2 Å². The molecule has 2 rings (SSSR count). The van der Waals surface area contributed by atoms with Crippen molar-refractivity contribution in [3.8, 4) is 0 Å². The van der Waals surface area contributed by atoms with Gasteiger partial charge in [-0.1, -0.05) is 19.1 Å². The minimum atomic E-state index is 0.840. The molecule has 9 heavy (non-hydrogen) atoms. The molecule has 0 bridgehead atoms. The van der Waals surface area contributed by atoms with Gasteiger partial charge < -0.3 is 0 Å². The number of rotatable bonds is 1. The number of thioether (sulfide) groups is 1. The van der Waals surface area contributed by atoms with Gasteiger partial charge in [0.1, 0.15) is 0 Å². The van der Waals surface area contributed by atoms with Gasteiger partial charge in [0.25, 0.3) is 0 Å². The van der Waals surface area contributed by atoms with Gasteiger partial charge in [-0.25, -0.2) is 0 Å². The quantitative estimate of drug-likeness (QED) is 0.503. The topological polar surface area (TPSA) is 0 Å². The molecule has 2 fully saturated rings. The first kappa shape index (κ1) is 5.84. The number of hydrogen-bond acceptors (Lipinski definition) is 1. The van der Waals surface area contributed by atoms with Crippen LogP contribution in [0.15, 0.2) is 12.2 Å². The van der Waals surface area contributed by atoms with E-state index < -0.39 is 0 Å². The van der Waals surface area contributed by atoms with Crippen molar-refractivity contribution < 1.29 is 0 Å². The van der Waals surface area contributed by atoms with Crippen molar-refractivity contribution in [1.82, 2.24) is 0 Å². The molecule has 4 unspecified atom stereocenters. The standard InChI is InChI=1S/C8H12S/c1-4-5(2)7-6(4)8(7)9-3/h5-8H,1H2,2-3H3. The Bertz CT molecular complexity index is 158. The first-order valence-electron chi connectivity index (χ1n) is 3.49. The molecule has 4 atom stereocenters. The molecular weight excluding hydrogens is 128 g/mol. The predicted molar refractivity (Wildman–Crippen MR) is 42.6 cm³/mol. The number of allylic oxidation sites excluding steroid dienone is 1. The van der Waals surface area contributed by atoms with Crippen LogP contribution < -0.4 is 0 Å². The van der Waals surface area contributed by atoms with Gasteiger partial charge in [-0.05, 0) is 24.0 Å². The van der Waals surface area contributed by atoms with Gasteiger partial charge in [-0.3, -0.25) is 0 Å². The van der Waals surface area contributed by atoms with Gasteiger partial charge in [0, 0.05) is 5.25 Å². The molecule has 0 saturated heterocycles. The summed E-state index contributed by atoms with van der Waals surface area (Å²) in [5, 5.41) is 0.951. The van der Waals surface area contributed by atoms with E-state index in [-0.39, 0.29) is 0 Å². The molecule has 2 saturated carbocycles. The molecule has 2 aliphatic carbocycles. The Morgan fingerprint density at radius 3 is 2.44 bits per heavy atom. The molecule has 2 aliphatic rings. The Morgan fingerprint density at radius 1 is 1.56 bits per heavy atom. The van der Waals surface area contributed by atoms with Crippen LogP contribution >= 0.6 is 11.8 Å². The van der Waals surface area contributed by atoms with Crippen molar-refractivity contribution >= 4 is 11.8 Å². The first-order chi connectivity index (χ1) is 4.27. The molecular formula is C8H12S. The van der Waals surface area contributed by atoms with Crippen molar-refractivity contribution in [3.05, 3.63) is 12.2 Å². The Hall–Kier alpha value is 0.0900. The Kier molecular flexibility index (Phi) is 1.02. The molecule has 0 heterocycles. The smallest absolute Gasteiger partial charge is 0.0153 e. The predicted octanol–water partition coefficient (Wildman–Crippen LogP) is 2.17. The molecule has 0 aromatic heterocycles. The summed E-state index contributed by atoms with van der Waals surface area (Å²) >= 11 is 2.02. The first-order valence-corrected chi connectivity index (χ1v) is 4.77. The summed E-state index contributed by atoms with van der Waals surface area (Å²) in [5.41, 5.74) is 1.51. The summed E-state index contributed by atoms with van der Waals surface area (Å²) in [4.78, 5) is 0. The van der Waals surface area contributed by atoms with Crippen molar-refractivity contribution in [2.75, 3.05) is 6.26 Å². The number of fused-ring (bicyclic) bond motifs is 1. The molecule has 50 valence electrons. The van der Waals surface area contributed by atoms with Gasteiger partial charge in [0.15, 0.2) is 0 Å². The lowest BCUT2D eigenvalue weighted by atomic mass is 9.82. The molecule has 1 heteroatoms. The molecule has 0 aliphatic heterocycles. The zero-order valence-corrected chi connectivity index (χ0v) is 6.74. The molecule has 0 aromatic carbocycles. The maximum absolute atomic E-state index is 4.05. The van der Waals surface area contributed by atoms with E-state index in [9.17, 15) is 0 Å². The second-order valence-electron chi connectivity index (χ2n) is 3.17. The van der Waals surface area contributed by atoms with E-state index in [4.69, 9.17) is 0 Å².